The summed E-state index contributed by atoms with van der Waals surface area (Å²) in [5, 5.41) is 0. The molecule has 2 heterocycles. The van der Waals surface area contributed by atoms with E-state index in [1.807, 2.05) is 16.6 Å². The van der Waals surface area contributed by atoms with Gasteiger partial charge in [0.1, 0.15) is 0 Å². The Hall–Kier alpha value is -0.420. The monoisotopic (exact) mass is 274 g/mol. The number of carbonyl (C=O) groups is 1. The van der Waals surface area contributed by atoms with Crippen molar-refractivity contribution in [3.63, 3.8) is 0 Å². The highest BCUT2D eigenvalue weighted by Gasteiger charge is 2.26. The van der Waals surface area contributed by atoms with E-state index >= 15 is 0 Å². The lowest BCUT2D eigenvalue weighted by atomic mass is 10.3. The Bertz CT molecular complexity index is 315. The van der Waals surface area contributed by atoms with Crippen LogP contribution in [0.4, 0.5) is 0 Å². The summed E-state index contributed by atoms with van der Waals surface area (Å²) in [4.78, 5) is 18.9. The van der Waals surface area contributed by atoms with Crippen molar-refractivity contribution in [1.82, 2.24) is 9.88 Å². The van der Waals surface area contributed by atoms with Crippen molar-refractivity contribution in [2.24, 2.45) is 0 Å². The first-order chi connectivity index (χ1) is 6.75. The lowest BCUT2D eigenvalue weighted by Crippen LogP contribution is -2.27. The molecule has 0 spiro atoms. The zero-order valence-electron chi connectivity index (χ0n) is 7.65. The minimum Gasteiger partial charge on any atom is -0.341 e. The van der Waals surface area contributed by atoms with Gasteiger partial charge in [-0.25, -0.2) is 0 Å². The van der Waals surface area contributed by atoms with Gasteiger partial charge in [-0.05, 0) is 0 Å². The van der Waals surface area contributed by atoms with Gasteiger partial charge in [-0.2, -0.15) is 0 Å². The fourth-order valence-corrected chi connectivity index (χ4v) is 2.77. The van der Waals surface area contributed by atoms with Gasteiger partial charge in [0, 0.05) is 41.8 Å². The molecule has 3 nitrogen and oxygen atoms in total. The summed E-state index contributed by atoms with van der Waals surface area (Å²) in [7, 11) is 0. The summed E-state index contributed by atoms with van der Waals surface area (Å²) >= 11 is 5.11. The third-order valence-corrected chi connectivity index (χ3v) is 3.73. The fourth-order valence-electron chi connectivity index (χ4n) is 1.55. The highest BCUT2D eigenvalue weighted by Crippen LogP contribution is 2.18. The summed E-state index contributed by atoms with van der Waals surface area (Å²) in [5.41, 5.74) is 1.83. The van der Waals surface area contributed by atoms with Crippen LogP contribution in [0.2, 0.25) is 0 Å². The van der Waals surface area contributed by atoms with E-state index in [-0.39, 0.29) is 5.91 Å². The topological polar surface area (TPSA) is 33.2 Å². The number of amides is 1. The Balaban J connectivity index is 1.84. The van der Waals surface area contributed by atoms with E-state index in [0.717, 1.165) is 19.5 Å². The van der Waals surface area contributed by atoms with E-state index in [4.69, 9.17) is 0 Å². The van der Waals surface area contributed by atoms with Crippen LogP contribution in [0.3, 0.4) is 0 Å². The average molecular weight is 275 g/mol. The summed E-state index contributed by atoms with van der Waals surface area (Å²) in [6, 6.07) is 0. The lowest BCUT2D eigenvalue weighted by Gasteiger charge is -2.14. The normalized spacial score (nSPS) is 21.9. The van der Waals surface area contributed by atoms with Gasteiger partial charge in [0.25, 0.3) is 0 Å². The second-order valence-corrected chi connectivity index (χ2v) is 5.62. The molecular formula is C9H11BrN2OS. The maximum atomic E-state index is 11.4. The molecule has 1 aromatic rings. The molecule has 0 radical (unpaired) electrons. The first kappa shape index (κ1) is 10.1. The Kier molecular flexibility index (Phi) is 3.18. The van der Waals surface area contributed by atoms with E-state index < -0.39 is 0 Å². The quantitative estimate of drug-likeness (QED) is 0.786. The van der Waals surface area contributed by atoms with Gasteiger partial charge in [-0.15, -0.1) is 11.3 Å². The number of hydrogen-bond acceptors (Lipinski definition) is 3. The SMILES string of the molecule is O=C1CC(Br)CN1CCc1cncs1. The number of rotatable bonds is 3. The third kappa shape index (κ3) is 2.33. The predicted molar refractivity (Wildman–Crippen MR) is 59.7 cm³/mol. The van der Waals surface area contributed by atoms with E-state index in [1.165, 1.54) is 4.88 Å². The van der Waals surface area contributed by atoms with Gasteiger partial charge in [-0.3, -0.25) is 9.78 Å². The first-order valence-electron chi connectivity index (χ1n) is 4.55. The van der Waals surface area contributed by atoms with Crippen LogP contribution in [0.15, 0.2) is 11.7 Å². The van der Waals surface area contributed by atoms with E-state index in [2.05, 4.69) is 20.9 Å². The maximum Gasteiger partial charge on any atom is 0.223 e. The van der Waals surface area contributed by atoms with Gasteiger partial charge in [0.15, 0.2) is 0 Å². The molecule has 14 heavy (non-hydrogen) atoms. The zero-order valence-corrected chi connectivity index (χ0v) is 10.1. The molecule has 1 unspecified atom stereocenters. The molecule has 1 aliphatic rings. The number of likely N-dealkylation sites (tertiary alicyclic amines) is 1. The summed E-state index contributed by atoms with van der Waals surface area (Å²) in [6.07, 6.45) is 3.44. The minimum absolute atomic E-state index is 0.261. The highest BCUT2D eigenvalue weighted by atomic mass is 79.9. The van der Waals surface area contributed by atoms with Gasteiger partial charge >= 0.3 is 0 Å². The molecule has 2 rings (SSSR count). The molecule has 1 saturated heterocycles. The summed E-state index contributed by atoms with van der Waals surface area (Å²) in [6.45, 7) is 1.67. The fraction of sp³-hybridized carbons (Fsp3) is 0.556. The molecule has 1 fully saturated rings. The Labute approximate surface area is 95.3 Å². The number of carbonyl (C=O) groups excluding carboxylic acids is 1. The van der Waals surface area contributed by atoms with Crippen LogP contribution >= 0.6 is 27.3 Å². The average Bonchev–Trinajstić information content (AvgIpc) is 2.72. The van der Waals surface area contributed by atoms with E-state index in [1.54, 1.807) is 11.3 Å². The molecule has 76 valence electrons. The van der Waals surface area contributed by atoms with Gasteiger partial charge in [-0.1, -0.05) is 15.9 Å². The van der Waals surface area contributed by atoms with E-state index in [0.29, 0.717) is 11.2 Å². The largest absolute Gasteiger partial charge is 0.341 e. The van der Waals surface area contributed by atoms with Crippen LogP contribution in [-0.2, 0) is 11.2 Å². The van der Waals surface area contributed by atoms with Crippen molar-refractivity contribution in [3.8, 4) is 0 Å². The maximum absolute atomic E-state index is 11.4. The highest BCUT2D eigenvalue weighted by molar-refractivity contribution is 9.09. The molecule has 0 aromatic carbocycles. The Morgan fingerprint density at radius 3 is 3.14 bits per heavy atom. The molecule has 1 atom stereocenters. The number of alkyl halides is 1. The molecule has 0 N–H and O–H groups in total. The Morgan fingerprint density at radius 2 is 2.57 bits per heavy atom. The van der Waals surface area contributed by atoms with Crippen molar-refractivity contribution in [1.29, 1.82) is 0 Å². The van der Waals surface area contributed by atoms with Crippen molar-refractivity contribution in [3.05, 3.63) is 16.6 Å². The predicted octanol–water partition coefficient (Wildman–Crippen LogP) is 1.68. The molecule has 0 bridgehead atoms. The van der Waals surface area contributed by atoms with Crippen molar-refractivity contribution in [2.45, 2.75) is 17.7 Å². The number of aromatic nitrogens is 1. The molecule has 0 saturated carbocycles. The number of nitrogens with zero attached hydrogens (tertiary/aromatic N) is 2. The van der Waals surface area contributed by atoms with E-state index in [9.17, 15) is 4.79 Å². The van der Waals surface area contributed by atoms with Crippen LogP contribution in [0.1, 0.15) is 11.3 Å². The van der Waals surface area contributed by atoms with Crippen LogP contribution in [-0.4, -0.2) is 33.7 Å². The van der Waals surface area contributed by atoms with Crippen LogP contribution in [0.25, 0.3) is 0 Å². The second kappa shape index (κ2) is 4.40. The first-order valence-corrected chi connectivity index (χ1v) is 6.34. The lowest BCUT2D eigenvalue weighted by molar-refractivity contribution is -0.127. The van der Waals surface area contributed by atoms with Gasteiger partial charge < -0.3 is 4.90 Å². The summed E-state index contributed by atoms with van der Waals surface area (Å²) < 4.78 is 0. The second-order valence-electron chi connectivity index (χ2n) is 3.36. The van der Waals surface area contributed by atoms with Crippen molar-refractivity contribution < 1.29 is 4.79 Å². The van der Waals surface area contributed by atoms with Gasteiger partial charge in [0.2, 0.25) is 5.91 Å². The molecule has 0 aliphatic carbocycles. The van der Waals surface area contributed by atoms with Crippen LogP contribution in [0.5, 0.6) is 0 Å². The molecular weight excluding hydrogens is 264 g/mol. The van der Waals surface area contributed by atoms with Crippen molar-refractivity contribution >= 4 is 33.2 Å². The van der Waals surface area contributed by atoms with Crippen LogP contribution < -0.4 is 0 Å². The molecule has 1 aliphatic heterocycles. The number of hydrogen-bond donors (Lipinski definition) is 0. The minimum atomic E-state index is 0.261. The van der Waals surface area contributed by atoms with Crippen LogP contribution in [0, 0.1) is 0 Å². The Morgan fingerprint density at radius 1 is 1.71 bits per heavy atom. The zero-order chi connectivity index (χ0) is 9.97. The third-order valence-electron chi connectivity index (χ3n) is 2.28. The molecule has 1 aromatic heterocycles. The number of halogens is 1. The molecule has 1 amide bonds. The smallest absolute Gasteiger partial charge is 0.223 e. The summed E-state index contributed by atoms with van der Waals surface area (Å²) in [5.74, 6) is 0.261. The standard InChI is InChI=1S/C9H11BrN2OS/c10-7-3-9(13)12(5-7)2-1-8-4-11-6-14-8/h4,6-7H,1-3,5H2. The number of thiazole rings is 1. The molecule has 5 heteroatoms. The van der Waals surface area contributed by atoms with Gasteiger partial charge in [0.05, 0.1) is 5.51 Å². The van der Waals surface area contributed by atoms with Crippen molar-refractivity contribution in [2.75, 3.05) is 13.1 Å².